The molecule has 4 heterocycles. The molecule has 4 amide bonds. The number of methoxy groups -OCH3 is 1. The van der Waals surface area contributed by atoms with E-state index in [1.807, 2.05) is 60.2 Å². The molecule has 354 valence electrons. The number of ether oxygens (including phenoxy) is 2. The summed E-state index contributed by atoms with van der Waals surface area (Å²) in [5.41, 5.74) is 6.50. The summed E-state index contributed by atoms with van der Waals surface area (Å²) in [5, 5.41) is 7.90. The molecule has 0 radical (unpaired) electrons. The number of alkyl carbamates (subject to hydrolysis) is 1. The Bertz CT molecular complexity index is 2780. The fourth-order valence-corrected chi connectivity index (χ4v) is 10.7. The lowest BCUT2D eigenvalue weighted by Crippen LogP contribution is -2.51. The van der Waals surface area contributed by atoms with Crippen molar-refractivity contribution in [3.63, 3.8) is 0 Å². The monoisotopic (exact) mass is 918 g/mol. The van der Waals surface area contributed by atoms with Crippen LogP contribution < -0.4 is 10.6 Å². The molecule has 68 heavy (non-hydrogen) atoms. The Labute approximate surface area is 397 Å². The Morgan fingerprint density at radius 3 is 2.25 bits per heavy atom. The third kappa shape index (κ3) is 9.47. The predicted molar refractivity (Wildman–Crippen MR) is 260 cm³/mol. The van der Waals surface area contributed by atoms with Gasteiger partial charge in [-0.25, -0.2) is 14.8 Å². The number of hydrogen-bond donors (Lipinski definition) is 4. The second-order valence-electron chi connectivity index (χ2n) is 19.7. The number of benzene rings is 4. The Hall–Kier alpha value is -6.54. The van der Waals surface area contributed by atoms with Gasteiger partial charge in [-0.05, 0) is 96.6 Å². The number of aromatic nitrogens is 4. The van der Waals surface area contributed by atoms with Crippen LogP contribution in [0.5, 0.6) is 0 Å². The Morgan fingerprint density at radius 2 is 1.50 bits per heavy atom. The third-order valence-corrected chi connectivity index (χ3v) is 14.6. The van der Waals surface area contributed by atoms with E-state index < -0.39 is 18.2 Å². The summed E-state index contributed by atoms with van der Waals surface area (Å²) in [7, 11) is 1.31. The molecule has 4 N–H and O–H groups in total. The summed E-state index contributed by atoms with van der Waals surface area (Å²) < 4.78 is 11.2. The largest absolute Gasteiger partial charge is 0.453 e. The van der Waals surface area contributed by atoms with Crippen LogP contribution in [-0.2, 0) is 23.9 Å². The van der Waals surface area contributed by atoms with Crippen LogP contribution in [0, 0.1) is 23.7 Å². The number of aromatic amines is 2. The topological polar surface area (TPSA) is 175 Å². The fourth-order valence-electron chi connectivity index (χ4n) is 10.7. The van der Waals surface area contributed by atoms with Crippen LogP contribution in [-0.4, -0.2) is 93.0 Å². The van der Waals surface area contributed by atoms with E-state index in [1.54, 1.807) is 0 Å². The number of rotatable bonds is 15. The third-order valence-electron chi connectivity index (χ3n) is 14.6. The minimum Gasteiger partial charge on any atom is -0.453 e. The molecule has 0 bridgehead atoms. The van der Waals surface area contributed by atoms with Gasteiger partial charge in [0.1, 0.15) is 23.7 Å². The number of hydrogen-bond acceptors (Lipinski definition) is 8. The number of nitrogens with zero attached hydrogens (tertiary/aromatic N) is 4. The predicted octanol–water partition coefficient (Wildman–Crippen LogP) is 9.18. The van der Waals surface area contributed by atoms with Crippen molar-refractivity contribution in [2.45, 2.75) is 95.8 Å². The molecule has 2 saturated carbocycles. The van der Waals surface area contributed by atoms with Gasteiger partial charge >= 0.3 is 6.09 Å². The quantitative estimate of drug-likeness (QED) is 0.0789. The van der Waals surface area contributed by atoms with Crippen molar-refractivity contribution < 1.29 is 28.7 Å². The highest BCUT2D eigenvalue weighted by Crippen LogP contribution is 2.39. The second kappa shape index (κ2) is 19.6. The maximum Gasteiger partial charge on any atom is 0.407 e. The van der Waals surface area contributed by atoms with E-state index in [-0.39, 0.29) is 47.6 Å². The molecular formula is C54H62N8O6. The first-order chi connectivity index (χ1) is 33.1. The Balaban J connectivity index is 0.851. The first kappa shape index (κ1) is 45.3. The van der Waals surface area contributed by atoms with Crippen molar-refractivity contribution in [2.24, 2.45) is 23.7 Å². The van der Waals surface area contributed by atoms with Gasteiger partial charge in [0.2, 0.25) is 17.7 Å². The summed E-state index contributed by atoms with van der Waals surface area (Å²) in [5.74, 6) is 1.73. The number of H-pyrrole nitrogens is 2. The summed E-state index contributed by atoms with van der Waals surface area (Å²) in [6, 6.07) is 26.5. The van der Waals surface area contributed by atoms with Crippen LogP contribution in [0.15, 0.2) is 91.1 Å². The number of carbonyl (C=O) groups is 4. The summed E-state index contributed by atoms with van der Waals surface area (Å²) in [6.45, 7) is 6.29. The molecule has 2 saturated heterocycles. The van der Waals surface area contributed by atoms with E-state index in [9.17, 15) is 19.2 Å². The van der Waals surface area contributed by atoms with Gasteiger partial charge in [0, 0.05) is 36.9 Å². The first-order valence-corrected chi connectivity index (χ1v) is 24.6. The van der Waals surface area contributed by atoms with Crippen molar-refractivity contribution in [2.75, 3.05) is 33.4 Å². The van der Waals surface area contributed by atoms with E-state index in [2.05, 4.69) is 75.2 Å². The number of fused-ring (bicyclic) bond motifs is 3. The Kier molecular flexibility index (Phi) is 13.0. The smallest absolute Gasteiger partial charge is 0.407 e. The lowest BCUT2D eigenvalue weighted by molar-refractivity contribution is -0.138. The van der Waals surface area contributed by atoms with Crippen LogP contribution in [0.2, 0.25) is 0 Å². The zero-order valence-corrected chi connectivity index (χ0v) is 39.2. The SMILES string of the molecule is COC(=O)N[C@H](C(=O)N1C[C@@H](COCC2CCCC2)C[C@H]1c1nc2c(ccc3cc(-c4ccc(-c5cnc([C@@H]6CCCN6C(=O)[C@H](NC(=O)C6CC6)c6ccccc6)[nH]5)cc4)ccc32)[nH]1)C(C)C. The van der Waals surface area contributed by atoms with Gasteiger partial charge in [-0.3, -0.25) is 14.4 Å². The molecule has 0 spiro atoms. The molecule has 2 aromatic heterocycles. The molecule has 4 fully saturated rings. The van der Waals surface area contributed by atoms with Crippen molar-refractivity contribution >= 4 is 45.6 Å². The van der Waals surface area contributed by atoms with Crippen LogP contribution in [0.25, 0.3) is 44.2 Å². The van der Waals surface area contributed by atoms with Crippen molar-refractivity contribution in [1.82, 2.24) is 40.4 Å². The van der Waals surface area contributed by atoms with E-state index >= 15 is 0 Å². The van der Waals surface area contributed by atoms with Gasteiger partial charge in [-0.2, -0.15) is 0 Å². The summed E-state index contributed by atoms with van der Waals surface area (Å²) in [6.07, 6.45) is 10.2. The van der Waals surface area contributed by atoms with Gasteiger partial charge < -0.3 is 39.9 Å². The van der Waals surface area contributed by atoms with Gasteiger partial charge in [-0.15, -0.1) is 0 Å². The number of nitrogens with one attached hydrogen (secondary N) is 4. The molecule has 0 unspecified atom stereocenters. The number of carbonyl (C=O) groups excluding carboxylic acids is 4. The molecule has 2 aliphatic carbocycles. The van der Waals surface area contributed by atoms with Crippen molar-refractivity contribution in [3.8, 4) is 22.4 Å². The van der Waals surface area contributed by atoms with E-state index in [1.165, 1.54) is 32.8 Å². The number of amides is 4. The van der Waals surface area contributed by atoms with Crippen LogP contribution in [0.1, 0.15) is 107 Å². The van der Waals surface area contributed by atoms with Crippen LogP contribution >= 0.6 is 0 Å². The minimum absolute atomic E-state index is 0.00543. The zero-order chi connectivity index (χ0) is 46.9. The van der Waals surface area contributed by atoms with Gasteiger partial charge in [0.25, 0.3) is 0 Å². The summed E-state index contributed by atoms with van der Waals surface area (Å²) >= 11 is 0. The maximum atomic E-state index is 14.3. The highest BCUT2D eigenvalue weighted by Gasteiger charge is 2.42. The molecule has 14 nitrogen and oxygen atoms in total. The molecule has 4 aliphatic rings. The van der Waals surface area contributed by atoms with Crippen molar-refractivity contribution in [3.05, 3.63) is 108 Å². The second-order valence-corrected chi connectivity index (χ2v) is 19.7. The molecule has 2 aliphatic heterocycles. The van der Waals surface area contributed by atoms with E-state index in [0.29, 0.717) is 32.0 Å². The first-order valence-electron chi connectivity index (χ1n) is 24.6. The number of imidazole rings is 2. The average molecular weight is 919 g/mol. The van der Waals surface area contributed by atoms with Gasteiger partial charge in [0.05, 0.1) is 48.7 Å². The lowest BCUT2D eigenvalue weighted by Gasteiger charge is -2.30. The van der Waals surface area contributed by atoms with E-state index in [0.717, 1.165) is 93.7 Å². The fraction of sp³-hybridized carbons (Fsp3) is 0.444. The minimum atomic E-state index is -0.745. The molecule has 5 atom stereocenters. The van der Waals surface area contributed by atoms with Crippen LogP contribution in [0.3, 0.4) is 0 Å². The van der Waals surface area contributed by atoms with Crippen LogP contribution in [0.4, 0.5) is 4.79 Å². The molecule has 14 heteroatoms. The van der Waals surface area contributed by atoms with Gasteiger partial charge in [-0.1, -0.05) is 99.5 Å². The standard InChI is InChI=1S/C54H62N8O6/c1-32(2)46(60-54(66)67-3)52(64)62-29-34(31-68-30-33-10-7-8-11-33)26-45(62)50-56-42-24-22-40-27-39(21-23-41(40)48(42)58-50)35-15-17-36(18-16-35)43-28-55-49(57-43)44-14-9-25-61(44)53(65)47(37-12-5-4-6-13-37)59-51(63)38-19-20-38/h4-6,12-13,15-18,21-24,27-28,32-34,38,44-47H,7-11,14,19-20,25-26,29-31H2,1-3H3,(H,55,57)(H,56,58)(H,59,63)(H,60,66)/t34-,44-,45-,46-,47+/m0/s1. The molecular weight excluding hydrogens is 857 g/mol. The highest BCUT2D eigenvalue weighted by atomic mass is 16.5. The molecule has 4 aromatic carbocycles. The normalized spacial score (nSPS) is 20.6. The molecule has 6 aromatic rings. The zero-order valence-electron chi connectivity index (χ0n) is 39.2. The average Bonchev–Trinajstić information content (AvgIpc) is 3.95. The number of likely N-dealkylation sites (tertiary alicyclic amines) is 2. The van der Waals surface area contributed by atoms with Gasteiger partial charge in [0.15, 0.2) is 0 Å². The Morgan fingerprint density at radius 1 is 0.750 bits per heavy atom. The maximum absolute atomic E-state index is 14.3. The van der Waals surface area contributed by atoms with E-state index in [4.69, 9.17) is 19.4 Å². The highest BCUT2D eigenvalue weighted by molar-refractivity contribution is 6.05. The summed E-state index contributed by atoms with van der Waals surface area (Å²) in [4.78, 5) is 74.5. The van der Waals surface area contributed by atoms with Crippen molar-refractivity contribution in [1.29, 1.82) is 0 Å². The molecule has 10 rings (SSSR count). The lowest BCUT2D eigenvalue weighted by atomic mass is 9.99.